The monoisotopic (exact) mass is 396 g/mol. The van der Waals surface area contributed by atoms with E-state index in [0.29, 0.717) is 6.42 Å². The molecule has 28 heavy (non-hydrogen) atoms. The molecule has 1 atom stereocenters. The van der Waals surface area contributed by atoms with Crippen molar-refractivity contribution in [1.82, 2.24) is 0 Å². The van der Waals surface area contributed by atoms with Gasteiger partial charge >= 0.3 is 11.9 Å². The normalized spacial score (nSPS) is 12.5. The summed E-state index contributed by atoms with van der Waals surface area (Å²) in [4.78, 5) is 23.5. The van der Waals surface area contributed by atoms with Crippen LogP contribution in [0.5, 0.6) is 0 Å². The van der Waals surface area contributed by atoms with Crippen LogP contribution >= 0.6 is 0 Å². The second-order valence-corrected chi connectivity index (χ2v) is 8.01. The van der Waals surface area contributed by atoms with Crippen molar-refractivity contribution in [3.8, 4) is 0 Å². The Bertz CT molecular complexity index is 415. The maximum absolute atomic E-state index is 11.9. The molecule has 0 N–H and O–H groups in total. The first-order chi connectivity index (χ1) is 13.5. The maximum atomic E-state index is 11.9. The highest BCUT2D eigenvalue weighted by Gasteiger charge is 2.26. The van der Waals surface area contributed by atoms with Crippen molar-refractivity contribution in [2.75, 3.05) is 7.11 Å². The molecule has 0 aromatic carbocycles. The van der Waals surface area contributed by atoms with Crippen LogP contribution in [0.15, 0.2) is 12.2 Å². The van der Waals surface area contributed by atoms with Gasteiger partial charge in [-0.05, 0) is 32.1 Å². The molecule has 0 radical (unpaired) electrons. The first kappa shape index (κ1) is 26.7. The molecular formula is C24H44O4. The molecule has 0 heterocycles. The SMILES string of the molecule is CCCCCCCC/C=C\CCCCCCCC(=O)OC(C(=O)OC)C(C)C. The largest absolute Gasteiger partial charge is 0.466 e. The van der Waals surface area contributed by atoms with E-state index in [2.05, 4.69) is 23.8 Å². The number of carbonyl (C=O) groups excluding carboxylic acids is 2. The van der Waals surface area contributed by atoms with Gasteiger partial charge in [0.15, 0.2) is 0 Å². The summed E-state index contributed by atoms with van der Waals surface area (Å²) in [5.74, 6) is -0.861. The van der Waals surface area contributed by atoms with Gasteiger partial charge in [0.25, 0.3) is 0 Å². The van der Waals surface area contributed by atoms with Gasteiger partial charge in [-0.2, -0.15) is 0 Å². The molecule has 0 fully saturated rings. The van der Waals surface area contributed by atoms with E-state index in [9.17, 15) is 9.59 Å². The van der Waals surface area contributed by atoms with Crippen molar-refractivity contribution in [1.29, 1.82) is 0 Å². The van der Waals surface area contributed by atoms with E-state index in [-0.39, 0.29) is 11.9 Å². The van der Waals surface area contributed by atoms with E-state index < -0.39 is 12.1 Å². The van der Waals surface area contributed by atoms with Crippen LogP contribution in [-0.4, -0.2) is 25.2 Å². The molecule has 0 aromatic heterocycles. The number of hydrogen-bond acceptors (Lipinski definition) is 4. The van der Waals surface area contributed by atoms with E-state index in [1.54, 1.807) is 0 Å². The van der Waals surface area contributed by atoms with E-state index in [1.165, 1.54) is 64.9 Å². The smallest absolute Gasteiger partial charge is 0.347 e. The fraction of sp³-hybridized carbons (Fsp3) is 0.833. The Balaban J connectivity index is 3.52. The van der Waals surface area contributed by atoms with E-state index in [0.717, 1.165) is 25.7 Å². The highest BCUT2D eigenvalue weighted by molar-refractivity contribution is 5.79. The van der Waals surface area contributed by atoms with Crippen LogP contribution in [0.25, 0.3) is 0 Å². The van der Waals surface area contributed by atoms with Gasteiger partial charge in [-0.15, -0.1) is 0 Å². The number of allylic oxidation sites excluding steroid dienone is 2. The number of esters is 2. The number of unbranched alkanes of at least 4 members (excludes halogenated alkanes) is 11. The number of hydrogen-bond donors (Lipinski definition) is 0. The molecule has 0 amide bonds. The Morgan fingerprint density at radius 2 is 1.29 bits per heavy atom. The average Bonchev–Trinajstić information content (AvgIpc) is 2.68. The zero-order valence-electron chi connectivity index (χ0n) is 18.8. The second-order valence-electron chi connectivity index (χ2n) is 8.01. The standard InChI is InChI=1S/C24H44O4/c1-5-6-7-8-9-10-11-12-13-14-15-16-17-18-19-20-22(25)28-23(21(2)3)24(26)27-4/h12-13,21,23H,5-11,14-20H2,1-4H3/b13-12-. The van der Waals surface area contributed by atoms with Gasteiger partial charge in [-0.25, -0.2) is 4.79 Å². The first-order valence-corrected chi connectivity index (χ1v) is 11.4. The van der Waals surface area contributed by atoms with Crippen molar-refractivity contribution in [3.05, 3.63) is 12.2 Å². The number of ether oxygens (including phenoxy) is 2. The quantitative estimate of drug-likeness (QED) is 0.146. The summed E-state index contributed by atoms with van der Waals surface area (Å²) in [6.45, 7) is 5.94. The fourth-order valence-corrected chi connectivity index (χ4v) is 3.11. The van der Waals surface area contributed by atoms with Gasteiger partial charge < -0.3 is 9.47 Å². The lowest BCUT2D eigenvalue weighted by Crippen LogP contribution is -2.33. The Morgan fingerprint density at radius 1 is 0.786 bits per heavy atom. The minimum absolute atomic E-state index is 0.0782. The molecule has 0 aliphatic rings. The lowest BCUT2D eigenvalue weighted by Gasteiger charge is -2.18. The zero-order chi connectivity index (χ0) is 21.0. The molecule has 0 aliphatic carbocycles. The van der Waals surface area contributed by atoms with Crippen LogP contribution in [0.4, 0.5) is 0 Å². The minimum Gasteiger partial charge on any atom is -0.466 e. The second kappa shape index (κ2) is 19.0. The van der Waals surface area contributed by atoms with Gasteiger partial charge in [0, 0.05) is 12.3 Å². The van der Waals surface area contributed by atoms with Crippen LogP contribution in [0.2, 0.25) is 0 Å². The van der Waals surface area contributed by atoms with Crippen molar-refractivity contribution in [3.63, 3.8) is 0 Å². The fourth-order valence-electron chi connectivity index (χ4n) is 3.11. The first-order valence-electron chi connectivity index (χ1n) is 11.4. The molecule has 0 saturated carbocycles. The third-order valence-corrected chi connectivity index (χ3v) is 4.94. The van der Waals surface area contributed by atoms with E-state index in [1.807, 2.05) is 13.8 Å². The summed E-state index contributed by atoms with van der Waals surface area (Å²) in [6, 6.07) is 0. The Kier molecular flexibility index (Phi) is 18.1. The predicted octanol–water partition coefficient (Wildman–Crippen LogP) is 6.76. The van der Waals surface area contributed by atoms with Crippen molar-refractivity contribution in [2.45, 2.75) is 117 Å². The minimum atomic E-state index is -0.791. The summed E-state index contributed by atoms with van der Waals surface area (Å²) in [5.41, 5.74) is 0. The van der Waals surface area contributed by atoms with Crippen molar-refractivity contribution >= 4 is 11.9 Å². The molecule has 0 aliphatic heterocycles. The van der Waals surface area contributed by atoms with Gasteiger partial charge in [-0.1, -0.05) is 84.3 Å². The molecule has 0 bridgehead atoms. The van der Waals surface area contributed by atoms with Crippen LogP contribution in [0.3, 0.4) is 0 Å². The number of methoxy groups -OCH3 is 1. The average molecular weight is 397 g/mol. The summed E-state index contributed by atoms with van der Waals surface area (Å²) in [6.07, 6.45) is 20.2. The third-order valence-electron chi connectivity index (χ3n) is 4.94. The molecule has 0 aromatic rings. The van der Waals surface area contributed by atoms with Gasteiger partial charge in [0.1, 0.15) is 0 Å². The number of carbonyl (C=O) groups is 2. The van der Waals surface area contributed by atoms with Gasteiger partial charge in [0.2, 0.25) is 6.10 Å². The lowest BCUT2D eigenvalue weighted by atomic mass is 10.1. The highest BCUT2D eigenvalue weighted by atomic mass is 16.6. The topological polar surface area (TPSA) is 52.6 Å². The maximum Gasteiger partial charge on any atom is 0.347 e. The third kappa shape index (κ3) is 15.7. The number of rotatable bonds is 18. The molecule has 1 unspecified atom stereocenters. The van der Waals surface area contributed by atoms with Crippen molar-refractivity contribution in [2.24, 2.45) is 5.92 Å². The molecule has 4 nitrogen and oxygen atoms in total. The predicted molar refractivity (Wildman–Crippen MR) is 116 cm³/mol. The summed E-state index contributed by atoms with van der Waals surface area (Å²) in [5, 5.41) is 0. The van der Waals surface area contributed by atoms with Crippen molar-refractivity contribution < 1.29 is 19.1 Å². The van der Waals surface area contributed by atoms with Crippen LogP contribution in [0.1, 0.15) is 111 Å². The summed E-state index contributed by atoms with van der Waals surface area (Å²) in [7, 11) is 1.31. The van der Waals surface area contributed by atoms with E-state index in [4.69, 9.17) is 4.74 Å². The molecule has 0 rings (SSSR count). The Hall–Kier alpha value is -1.32. The summed E-state index contributed by atoms with van der Waals surface area (Å²) < 4.78 is 9.95. The van der Waals surface area contributed by atoms with Gasteiger partial charge in [-0.3, -0.25) is 4.79 Å². The molecule has 164 valence electrons. The van der Waals surface area contributed by atoms with Crippen LogP contribution in [0, 0.1) is 5.92 Å². The molecule has 4 heteroatoms. The Morgan fingerprint density at radius 3 is 1.79 bits per heavy atom. The molecule has 0 saturated heterocycles. The Labute approximate surface area is 173 Å². The molecular weight excluding hydrogens is 352 g/mol. The summed E-state index contributed by atoms with van der Waals surface area (Å²) >= 11 is 0. The van der Waals surface area contributed by atoms with Crippen LogP contribution < -0.4 is 0 Å². The zero-order valence-corrected chi connectivity index (χ0v) is 18.8. The van der Waals surface area contributed by atoms with Gasteiger partial charge in [0.05, 0.1) is 7.11 Å². The molecule has 0 spiro atoms. The highest BCUT2D eigenvalue weighted by Crippen LogP contribution is 2.13. The lowest BCUT2D eigenvalue weighted by molar-refractivity contribution is -0.169. The van der Waals surface area contributed by atoms with E-state index >= 15 is 0 Å². The van der Waals surface area contributed by atoms with Crippen LogP contribution in [-0.2, 0) is 19.1 Å².